The van der Waals surface area contributed by atoms with Gasteiger partial charge in [0.15, 0.2) is 5.78 Å². The number of carbonyl (C=O) groups is 2. The van der Waals surface area contributed by atoms with E-state index >= 15 is 0 Å². The fourth-order valence-corrected chi connectivity index (χ4v) is 4.13. The largest absolute Gasteiger partial charge is 0.466 e. The molecule has 0 aliphatic carbocycles. The topological polar surface area (TPSA) is 98.1 Å². The molecule has 8 heteroatoms. The number of ether oxygens (including phenoxy) is 1. The first-order valence-electron chi connectivity index (χ1n) is 12.3. The molecule has 0 amide bonds. The summed E-state index contributed by atoms with van der Waals surface area (Å²) in [7, 11) is 0. The highest BCUT2D eigenvalue weighted by Crippen LogP contribution is 2.31. The van der Waals surface area contributed by atoms with E-state index in [9.17, 15) is 9.59 Å². The molecule has 3 rings (SSSR count). The van der Waals surface area contributed by atoms with Crippen LogP contribution in [-0.2, 0) is 9.53 Å². The first kappa shape index (κ1) is 26.1. The van der Waals surface area contributed by atoms with E-state index < -0.39 is 0 Å². The zero-order valence-corrected chi connectivity index (χ0v) is 20.7. The van der Waals surface area contributed by atoms with Crippen molar-refractivity contribution in [1.29, 1.82) is 0 Å². The summed E-state index contributed by atoms with van der Waals surface area (Å²) in [6, 6.07) is 15.9. The Labute approximate surface area is 207 Å². The lowest BCUT2D eigenvalue weighted by molar-refractivity contribution is -0.142. The van der Waals surface area contributed by atoms with E-state index in [-0.39, 0.29) is 30.8 Å². The first-order chi connectivity index (χ1) is 17.0. The molecular weight excluding hydrogens is 442 g/mol. The summed E-state index contributed by atoms with van der Waals surface area (Å²) in [6.07, 6.45) is 5.74. The molecule has 35 heavy (non-hydrogen) atoms. The minimum Gasteiger partial charge on any atom is -0.466 e. The van der Waals surface area contributed by atoms with Crippen LogP contribution in [0.3, 0.4) is 0 Å². The molecule has 186 valence electrons. The normalized spacial score (nSPS) is 11.9. The number of benzene rings is 2. The molecular formula is C27H35N5O3. The Bertz CT molecular complexity index is 1050. The lowest BCUT2D eigenvalue weighted by Gasteiger charge is -2.26. The fraction of sp³-hybridized carbons (Fsp3) is 0.407. The molecule has 0 spiro atoms. The minimum absolute atomic E-state index is 0.0229. The van der Waals surface area contributed by atoms with Gasteiger partial charge in [-0.25, -0.2) is 9.67 Å². The van der Waals surface area contributed by atoms with Gasteiger partial charge in [0.1, 0.15) is 12.7 Å². The number of nitrogens with zero attached hydrogens (tertiary/aromatic N) is 3. The molecule has 0 radical (unpaired) electrons. The number of ketones is 1. The van der Waals surface area contributed by atoms with Gasteiger partial charge in [-0.3, -0.25) is 9.59 Å². The second-order valence-corrected chi connectivity index (χ2v) is 8.38. The van der Waals surface area contributed by atoms with E-state index in [1.165, 1.54) is 5.56 Å². The van der Waals surface area contributed by atoms with E-state index in [2.05, 4.69) is 58.8 Å². The van der Waals surface area contributed by atoms with Crippen molar-refractivity contribution in [3.05, 3.63) is 72.3 Å². The minimum atomic E-state index is -0.264. The molecule has 1 heterocycles. The maximum atomic E-state index is 12.4. The average Bonchev–Trinajstić information content (AvgIpc) is 3.41. The smallest absolute Gasteiger partial charge is 0.307 e. The van der Waals surface area contributed by atoms with Crippen molar-refractivity contribution in [2.45, 2.75) is 46.1 Å². The Morgan fingerprint density at radius 3 is 2.20 bits per heavy atom. The first-order valence-corrected chi connectivity index (χ1v) is 12.3. The van der Waals surface area contributed by atoms with Crippen molar-refractivity contribution in [3.63, 3.8) is 0 Å². The monoisotopic (exact) mass is 477 g/mol. The molecule has 0 bridgehead atoms. The van der Waals surface area contributed by atoms with Gasteiger partial charge in [-0.2, -0.15) is 5.10 Å². The lowest BCUT2D eigenvalue weighted by Crippen LogP contribution is -2.26. The van der Waals surface area contributed by atoms with Gasteiger partial charge in [0.25, 0.3) is 0 Å². The average molecular weight is 478 g/mol. The van der Waals surface area contributed by atoms with Crippen molar-refractivity contribution >= 4 is 23.1 Å². The maximum Gasteiger partial charge on any atom is 0.307 e. The van der Waals surface area contributed by atoms with Crippen LogP contribution >= 0.6 is 0 Å². The van der Waals surface area contributed by atoms with Crippen LogP contribution in [-0.4, -0.2) is 46.2 Å². The van der Waals surface area contributed by atoms with Crippen LogP contribution in [0.25, 0.3) is 0 Å². The highest BCUT2D eigenvalue weighted by molar-refractivity contribution is 5.98. The molecule has 0 aliphatic heterocycles. The molecule has 1 aromatic heterocycles. The molecule has 2 aromatic carbocycles. The lowest BCUT2D eigenvalue weighted by atomic mass is 9.89. The van der Waals surface area contributed by atoms with E-state index in [1.54, 1.807) is 31.7 Å². The molecule has 0 saturated carbocycles. The highest BCUT2D eigenvalue weighted by Gasteiger charge is 2.23. The number of aromatic nitrogens is 3. The number of hydrogen-bond acceptors (Lipinski definition) is 7. The highest BCUT2D eigenvalue weighted by atomic mass is 16.5. The third kappa shape index (κ3) is 7.48. The van der Waals surface area contributed by atoms with Crippen LogP contribution in [0, 0.1) is 5.92 Å². The van der Waals surface area contributed by atoms with Gasteiger partial charge in [0, 0.05) is 23.5 Å². The number of Topliss-reactive ketones (excluding diaryl/α,β-unsaturated/α-hetero) is 1. The predicted molar refractivity (Wildman–Crippen MR) is 137 cm³/mol. The third-order valence-electron chi connectivity index (χ3n) is 6.06. The van der Waals surface area contributed by atoms with Crippen LogP contribution in [0.4, 0.5) is 11.4 Å². The van der Waals surface area contributed by atoms with Crippen LogP contribution in [0.1, 0.15) is 62.0 Å². The van der Waals surface area contributed by atoms with Gasteiger partial charge in [0.2, 0.25) is 0 Å². The summed E-state index contributed by atoms with van der Waals surface area (Å²) in [5.41, 5.74) is 3.69. The van der Waals surface area contributed by atoms with Crippen LogP contribution < -0.4 is 10.6 Å². The summed E-state index contributed by atoms with van der Waals surface area (Å²) in [5.74, 6) is 0.186. The summed E-state index contributed by atoms with van der Waals surface area (Å²) < 4.78 is 6.82. The summed E-state index contributed by atoms with van der Waals surface area (Å²) in [5, 5.41) is 10.8. The van der Waals surface area contributed by atoms with Gasteiger partial charge in [-0.15, -0.1) is 0 Å². The van der Waals surface area contributed by atoms with Crippen molar-refractivity contribution in [1.82, 2.24) is 20.1 Å². The molecule has 3 aromatic rings. The number of rotatable bonds is 14. The third-order valence-corrected chi connectivity index (χ3v) is 6.06. The summed E-state index contributed by atoms with van der Waals surface area (Å²) in [4.78, 5) is 27.9. The summed E-state index contributed by atoms with van der Waals surface area (Å²) in [6.45, 7) is 7.15. The molecule has 0 fully saturated rings. The van der Waals surface area contributed by atoms with E-state index in [4.69, 9.17) is 4.74 Å². The van der Waals surface area contributed by atoms with Crippen molar-refractivity contribution in [3.8, 4) is 0 Å². The van der Waals surface area contributed by atoms with Gasteiger partial charge in [-0.05, 0) is 54.8 Å². The Morgan fingerprint density at radius 1 is 0.971 bits per heavy atom. The number of carbonyl (C=O) groups excluding carboxylic acids is 2. The zero-order valence-electron chi connectivity index (χ0n) is 20.7. The Kier molecular flexibility index (Phi) is 9.98. The van der Waals surface area contributed by atoms with Gasteiger partial charge in [0.05, 0.1) is 25.6 Å². The van der Waals surface area contributed by atoms with Gasteiger partial charge < -0.3 is 15.4 Å². The van der Waals surface area contributed by atoms with Crippen LogP contribution in [0.2, 0.25) is 0 Å². The Morgan fingerprint density at radius 2 is 1.63 bits per heavy atom. The number of hydrogen-bond donors (Lipinski definition) is 2. The van der Waals surface area contributed by atoms with E-state index in [0.717, 1.165) is 24.2 Å². The van der Waals surface area contributed by atoms with E-state index in [0.29, 0.717) is 24.6 Å². The second-order valence-electron chi connectivity index (χ2n) is 8.38. The quantitative estimate of drug-likeness (QED) is 0.196. The number of esters is 1. The SMILES string of the molecule is CCOC(=O)CCNCC(=O)c1ccc(Nc2ccc(C(C(CC)CC)n3cncn3)cc2)cc1. The zero-order chi connectivity index (χ0) is 25.0. The standard InChI is InChI=1S/C27H35N5O3/c1-4-20(5-2)27(32-19-29-18-30-32)22-9-13-24(14-10-22)31-23-11-7-21(8-12-23)25(33)17-28-16-15-26(34)35-6-3/h7-14,18-20,27-28,31H,4-6,15-17H2,1-3H3. The Hall–Kier alpha value is -3.52. The van der Waals surface area contributed by atoms with Crippen molar-refractivity contribution in [2.75, 3.05) is 25.0 Å². The maximum absolute atomic E-state index is 12.4. The second kappa shape index (κ2) is 13.4. The molecule has 0 aliphatic rings. The van der Waals surface area contributed by atoms with E-state index in [1.807, 2.05) is 16.8 Å². The molecule has 8 nitrogen and oxygen atoms in total. The molecule has 2 N–H and O–H groups in total. The molecule has 1 atom stereocenters. The number of nitrogens with one attached hydrogen (secondary N) is 2. The van der Waals surface area contributed by atoms with Crippen LogP contribution in [0.5, 0.6) is 0 Å². The molecule has 0 saturated heterocycles. The number of anilines is 2. The van der Waals surface area contributed by atoms with Gasteiger partial charge in [-0.1, -0.05) is 38.8 Å². The van der Waals surface area contributed by atoms with Crippen molar-refractivity contribution < 1.29 is 14.3 Å². The molecule has 1 unspecified atom stereocenters. The van der Waals surface area contributed by atoms with Crippen molar-refractivity contribution in [2.24, 2.45) is 5.92 Å². The fourth-order valence-electron chi connectivity index (χ4n) is 4.13. The predicted octanol–water partition coefficient (Wildman–Crippen LogP) is 4.77. The Balaban J connectivity index is 1.57. The van der Waals surface area contributed by atoms with Gasteiger partial charge >= 0.3 is 5.97 Å². The summed E-state index contributed by atoms with van der Waals surface area (Å²) >= 11 is 0. The van der Waals surface area contributed by atoms with Crippen LogP contribution in [0.15, 0.2) is 61.2 Å².